The van der Waals surface area contributed by atoms with Gasteiger partial charge in [-0.3, -0.25) is 0 Å². The predicted molar refractivity (Wildman–Crippen MR) is 108 cm³/mol. The molecule has 0 fully saturated rings. The Labute approximate surface area is 162 Å². The molecule has 2 rings (SSSR count). The van der Waals surface area contributed by atoms with Gasteiger partial charge in [0.1, 0.15) is 11.5 Å². The van der Waals surface area contributed by atoms with Gasteiger partial charge in [-0.05, 0) is 63.5 Å². The van der Waals surface area contributed by atoms with Crippen molar-refractivity contribution in [3.05, 3.63) is 59.2 Å². The van der Waals surface area contributed by atoms with Gasteiger partial charge in [-0.1, -0.05) is 30.4 Å². The van der Waals surface area contributed by atoms with Gasteiger partial charge < -0.3 is 14.6 Å². The van der Waals surface area contributed by atoms with Gasteiger partial charge >= 0.3 is 5.97 Å². The van der Waals surface area contributed by atoms with E-state index >= 15 is 0 Å². The van der Waals surface area contributed by atoms with E-state index in [2.05, 4.69) is 6.08 Å². The number of ether oxygens (including phenoxy) is 2. The molecule has 0 amide bonds. The third-order valence-corrected chi connectivity index (χ3v) is 4.69. The Morgan fingerprint density at radius 3 is 2.63 bits per heavy atom. The second-order valence-electron chi connectivity index (χ2n) is 6.57. The van der Waals surface area contributed by atoms with E-state index < -0.39 is 0 Å². The summed E-state index contributed by atoms with van der Waals surface area (Å²) in [5.74, 6) is 1.06. The third-order valence-electron chi connectivity index (χ3n) is 4.69. The average molecular weight is 370 g/mol. The predicted octanol–water partition coefficient (Wildman–Crippen LogP) is 4.83. The lowest BCUT2D eigenvalue weighted by Gasteiger charge is -2.22. The molecule has 4 nitrogen and oxygen atoms in total. The van der Waals surface area contributed by atoms with Crippen LogP contribution in [0.25, 0.3) is 0 Å². The molecule has 1 aromatic carbocycles. The van der Waals surface area contributed by atoms with Crippen LogP contribution in [0.15, 0.2) is 42.5 Å². The Bertz CT molecular complexity index is 714. The Hall–Kier alpha value is -2.49. The standard InChI is InChI=1S/C23H30O4/c1-3-27-22(24)16-10-8-6-4-5-7-9-13-18-17-21(26-2)19-14-11-12-15-20(19)23(18)25/h4-6,8,10,16-17,25H,3,7,9,11-15H2,1-2H3/b5-4+,8-6+,16-10+. The molecule has 1 aliphatic carbocycles. The van der Waals surface area contributed by atoms with E-state index in [1.807, 2.05) is 18.2 Å². The maximum atomic E-state index is 11.1. The van der Waals surface area contributed by atoms with Crippen LogP contribution in [0.2, 0.25) is 0 Å². The van der Waals surface area contributed by atoms with Crippen molar-refractivity contribution in [1.82, 2.24) is 0 Å². The number of carbonyl (C=O) groups excluding carboxylic acids is 1. The monoisotopic (exact) mass is 370 g/mol. The van der Waals surface area contributed by atoms with Crippen molar-refractivity contribution in [2.24, 2.45) is 0 Å². The molecule has 27 heavy (non-hydrogen) atoms. The van der Waals surface area contributed by atoms with Gasteiger partial charge in [-0.2, -0.15) is 0 Å². The number of benzene rings is 1. The molecule has 0 radical (unpaired) electrons. The lowest BCUT2D eigenvalue weighted by atomic mass is 9.87. The number of aromatic hydroxyl groups is 1. The van der Waals surface area contributed by atoms with Crippen LogP contribution in [0.3, 0.4) is 0 Å². The minimum absolute atomic E-state index is 0.327. The fourth-order valence-electron chi connectivity index (χ4n) is 3.36. The zero-order valence-corrected chi connectivity index (χ0v) is 16.4. The van der Waals surface area contributed by atoms with Gasteiger partial charge in [-0.25, -0.2) is 4.79 Å². The molecule has 1 N–H and O–H groups in total. The second kappa shape index (κ2) is 11.3. The fraction of sp³-hybridized carbons (Fsp3) is 0.435. The van der Waals surface area contributed by atoms with Crippen molar-refractivity contribution in [3.63, 3.8) is 0 Å². The van der Waals surface area contributed by atoms with E-state index in [1.54, 1.807) is 26.2 Å². The number of carbonyl (C=O) groups is 1. The molecule has 4 heteroatoms. The van der Waals surface area contributed by atoms with Crippen molar-refractivity contribution in [1.29, 1.82) is 0 Å². The molecule has 0 saturated carbocycles. The van der Waals surface area contributed by atoms with Crippen LogP contribution in [-0.4, -0.2) is 24.8 Å². The van der Waals surface area contributed by atoms with E-state index in [-0.39, 0.29) is 5.97 Å². The van der Waals surface area contributed by atoms with Gasteiger partial charge in [0.2, 0.25) is 0 Å². The molecule has 0 aromatic heterocycles. The van der Waals surface area contributed by atoms with Crippen LogP contribution in [0.1, 0.15) is 49.3 Å². The molecular formula is C23H30O4. The third kappa shape index (κ3) is 6.31. The van der Waals surface area contributed by atoms with Gasteiger partial charge in [0.05, 0.1) is 13.7 Å². The van der Waals surface area contributed by atoms with Crippen LogP contribution >= 0.6 is 0 Å². The SMILES string of the molecule is CCOC(=O)/C=C/C=C/C=C/CCCc1cc(OC)c2c(c1O)CCCC2. The number of hydrogen-bond acceptors (Lipinski definition) is 4. The fourth-order valence-corrected chi connectivity index (χ4v) is 3.36. The Morgan fingerprint density at radius 1 is 1.15 bits per heavy atom. The summed E-state index contributed by atoms with van der Waals surface area (Å²) < 4.78 is 10.3. The molecule has 0 atom stereocenters. The maximum absolute atomic E-state index is 11.1. The topological polar surface area (TPSA) is 55.8 Å². The molecule has 0 heterocycles. The number of methoxy groups -OCH3 is 1. The average Bonchev–Trinajstić information content (AvgIpc) is 2.68. The number of esters is 1. The zero-order chi connectivity index (χ0) is 19.5. The van der Waals surface area contributed by atoms with Crippen LogP contribution < -0.4 is 4.74 Å². The Morgan fingerprint density at radius 2 is 1.89 bits per heavy atom. The number of allylic oxidation sites excluding steroid dienone is 5. The van der Waals surface area contributed by atoms with E-state index in [9.17, 15) is 9.90 Å². The van der Waals surface area contributed by atoms with Crippen LogP contribution in [0.5, 0.6) is 11.5 Å². The summed E-state index contributed by atoms with van der Waals surface area (Å²) in [7, 11) is 1.70. The van der Waals surface area contributed by atoms with Crippen molar-refractivity contribution in [3.8, 4) is 11.5 Å². The molecule has 1 aromatic rings. The summed E-state index contributed by atoms with van der Waals surface area (Å²) in [4.78, 5) is 11.1. The summed E-state index contributed by atoms with van der Waals surface area (Å²) in [5, 5.41) is 10.6. The van der Waals surface area contributed by atoms with E-state index in [4.69, 9.17) is 9.47 Å². The van der Waals surface area contributed by atoms with E-state index in [1.165, 1.54) is 11.6 Å². The first-order valence-corrected chi connectivity index (χ1v) is 9.74. The molecular weight excluding hydrogens is 340 g/mol. The first kappa shape index (κ1) is 20.8. The van der Waals surface area contributed by atoms with Gasteiger partial charge in [0, 0.05) is 17.2 Å². The highest BCUT2D eigenvalue weighted by atomic mass is 16.5. The first-order valence-electron chi connectivity index (χ1n) is 9.74. The van der Waals surface area contributed by atoms with Gasteiger partial charge in [-0.15, -0.1) is 0 Å². The summed E-state index contributed by atoms with van der Waals surface area (Å²) in [6, 6.07) is 2.00. The number of aryl methyl sites for hydroxylation is 1. The van der Waals surface area contributed by atoms with E-state index in [0.29, 0.717) is 12.4 Å². The van der Waals surface area contributed by atoms with Crippen LogP contribution in [0.4, 0.5) is 0 Å². The highest BCUT2D eigenvalue weighted by molar-refractivity contribution is 5.82. The lowest BCUT2D eigenvalue weighted by molar-refractivity contribution is -0.137. The summed E-state index contributed by atoms with van der Waals surface area (Å²) >= 11 is 0. The molecule has 0 aliphatic heterocycles. The molecule has 1 aliphatic rings. The number of phenols is 1. The highest BCUT2D eigenvalue weighted by Crippen LogP contribution is 2.38. The number of phenolic OH excluding ortho intramolecular Hbond substituents is 1. The summed E-state index contributed by atoms with van der Waals surface area (Å²) in [5.41, 5.74) is 3.25. The van der Waals surface area contributed by atoms with Crippen molar-refractivity contribution >= 4 is 5.97 Å². The minimum Gasteiger partial charge on any atom is -0.507 e. The van der Waals surface area contributed by atoms with Gasteiger partial charge in [0.15, 0.2) is 0 Å². The van der Waals surface area contributed by atoms with Crippen molar-refractivity contribution in [2.75, 3.05) is 13.7 Å². The highest BCUT2D eigenvalue weighted by Gasteiger charge is 2.20. The van der Waals surface area contributed by atoms with Crippen LogP contribution in [0, 0.1) is 0 Å². The molecule has 0 unspecified atom stereocenters. The van der Waals surface area contributed by atoms with Crippen LogP contribution in [-0.2, 0) is 28.8 Å². The molecule has 0 bridgehead atoms. The maximum Gasteiger partial charge on any atom is 0.330 e. The molecule has 0 spiro atoms. The van der Waals surface area contributed by atoms with Crippen molar-refractivity contribution in [2.45, 2.75) is 51.9 Å². The first-order chi connectivity index (χ1) is 13.2. The normalized spacial score (nSPS) is 14.1. The lowest BCUT2D eigenvalue weighted by Crippen LogP contribution is -2.07. The summed E-state index contributed by atoms with van der Waals surface area (Å²) in [6.07, 6.45) is 17.7. The van der Waals surface area contributed by atoms with E-state index in [0.717, 1.165) is 61.8 Å². The smallest absolute Gasteiger partial charge is 0.330 e. The largest absolute Gasteiger partial charge is 0.507 e. The summed E-state index contributed by atoms with van der Waals surface area (Å²) in [6.45, 7) is 2.17. The second-order valence-corrected chi connectivity index (χ2v) is 6.57. The molecule has 146 valence electrons. The zero-order valence-electron chi connectivity index (χ0n) is 16.4. The van der Waals surface area contributed by atoms with Crippen molar-refractivity contribution < 1.29 is 19.4 Å². The number of hydrogen-bond donors (Lipinski definition) is 1. The number of rotatable bonds is 9. The Balaban J connectivity index is 1.82. The quantitative estimate of drug-likeness (QED) is 0.293. The number of fused-ring (bicyclic) bond motifs is 1. The van der Waals surface area contributed by atoms with Gasteiger partial charge in [0.25, 0.3) is 0 Å². The number of unbranched alkanes of at least 4 members (excludes halogenated alkanes) is 1. The minimum atomic E-state index is -0.327. The molecule has 0 saturated heterocycles. The Kier molecular flexibility index (Phi) is 8.69.